The monoisotopic (exact) mass is 395 g/mol. The smallest absolute Gasteiger partial charge is 0.223 e. The number of imidazole rings is 1. The third-order valence-corrected chi connectivity index (χ3v) is 4.11. The summed E-state index contributed by atoms with van der Waals surface area (Å²) in [7, 11) is 1.51. The van der Waals surface area contributed by atoms with Crippen LogP contribution in [0, 0.1) is 0 Å². The molecule has 3 heterocycles. The number of phenolic OH excluding ortho intramolecular Hbond substituents is 1. The fourth-order valence-electron chi connectivity index (χ4n) is 2.81. The lowest BCUT2D eigenvalue weighted by atomic mass is 10.2. The Morgan fingerprint density at radius 1 is 1.29 bits per heavy atom. The number of hydrogen-bond donors (Lipinski definition) is 1. The first-order valence-electron chi connectivity index (χ1n) is 8.34. The van der Waals surface area contributed by atoms with Gasteiger partial charge in [-0.1, -0.05) is 23.4 Å². The quantitative estimate of drug-likeness (QED) is 0.681. The maximum atomic E-state index is 10.6. The molecule has 0 spiro atoms. The molecule has 0 radical (unpaired) electrons. The highest BCUT2D eigenvalue weighted by molar-refractivity contribution is 6.29. The molecule has 0 aliphatic carbocycles. The molecule has 0 atom stereocenters. The summed E-state index contributed by atoms with van der Waals surface area (Å²) in [6.45, 7) is 2.31. The van der Waals surface area contributed by atoms with Crippen LogP contribution in [-0.2, 0) is 4.74 Å². The lowest BCUT2D eigenvalue weighted by molar-refractivity contribution is 0.330. The molecule has 3 aromatic rings. The molecule has 1 aliphatic rings. The fourth-order valence-corrected chi connectivity index (χ4v) is 2.95. The second-order valence-electron chi connectivity index (χ2n) is 5.62. The highest BCUT2D eigenvalue weighted by atomic mass is 35.5. The summed E-state index contributed by atoms with van der Waals surface area (Å²) < 4.78 is 12.5. The molecule has 2 aromatic heterocycles. The largest absolute Gasteiger partial charge is 0.506 e. The predicted octanol–water partition coefficient (Wildman–Crippen LogP) is 3.28. The van der Waals surface area contributed by atoms with Gasteiger partial charge < -0.3 is 14.6 Å². The van der Waals surface area contributed by atoms with Crippen LogP contribution < -0.4 is 4.74 Å². The van der Waals surface area contributed by atoms with Crippen molar-refractivity contribution in [2.24, 2.45) is 4.99 Å². The first kappa shape index (κ1) is 17.8. The number of para-hydroxylation sites is 1. The average molecular weight is 396 g/mol. The second kappa shape index (κ2) is 7.21. The van der Waals surface area contributed by atoms with Crippen LogP contribution in [0.15, 0.2) is 46.8 Å². The highest BCUT2D eigenvalue weighted by Gasteiger charge is 2.23. The van der Waals surface area contributed by atoms with Crippen LogP contribution in [0.2, 0.25) is 5.15 Å². The first-order valence-corrected chi connectivity index (χ1v) is 8.71. The number of fused-ring (bicyclic) bond motifs is 1. The number of hydrogen-bond acceptors (Lipinski definition) is 7. The fraction of sp³-hybridized carbons (Fsp3) is 0.158. The molecule has 0 amide bonds. The van der Waals surface area contributed by atoms with Crippen molar-refractivity contribution in [3.05, 3.63) is 52.8 Å². The van der Waals surface area contributed by atoms with Crippen molar-refractivity contribution >= 4 is 34.4 Å². The minimum absolute atomic E-state index is 0.0159. The number of benzene rings is 1. The zero-order chi connectivity index (χ0) is 19.7. The first-order chi connectivity index (χ1) is 13.6. The molecule has 1 aromatic carbocycles. The van der Waals surface area contributed by atoms with E-state index in [1.807, 2.05) is 6.92 Å². The van der Waals surface area contributed by atoms with Crippen molar-refractivity contribution in [2.45, 2.75) is 6.92 Å². The van der Waals surface area contributed by atoms with E-state index in [1.165, 1.54) is 7.11 Å². The Kier molecular flexibility index (Phi) is 4.59. The number of rotatable bonds is 4. The van der Waals surface area contributed by atoms with Crippen LogP contribution in [-0.4, -0.2) is 44.5 Å². The Bertz CT molecular complexity index is 1220. The van der Waals surface area contributed by atoms with E-state index in [0.29, 0.717) is 46.6 Å². The molecule has 0 unspecified atom stereocenters. The lowest BCUT2D eigenvalue weighted by Crippen LogP contribution is -2.06. The molecule has 1 N–H and O–H groups in total. The average Bonchev–Trinajstić information content (AvgIpc) is 3.06. The molecular weight excluding hydrogens is 382 g/mol. The second-order valence-corrected chi connectivity index (χ2v) is 6.01. The molecular formula is C19H14ClN5O3. The Morgan fingerprint density at radius 3 is 2.93 bits per heavy atom. The minimum Gasteiger partial charge on any atom is -0.506 e. The summed E-state index contributed by atoms with van der Waals surface area (Å²) in [6, 6.07) is 6.55. The van der Waals surface area contributed by atoms with Crippen LogP contribution in [0.3, 0.4) is 0 Å². The van der Waals surface area contributed by atoms with E-state index < -0.39 is 0 Å². The van der Waals surface area contributed by atoms with E-state index in [1.54, 1.807) is 34.9 Å². The summed E-state index contributed by atoms with van der Waals surface area (Å²) in [6.07, 6.45) is 1.58. The van der Waals surface area contributed by atoms with Gasteiger partial charge in [0.05, 0.1) is 25.3 Å². The number of aliphatic imine (C=N–C) groups is 1. The number of halogens is 1. The summed E-state index contributed by atoms with van der Waals surface area (Å²) in [5.74, 6) is 1.14. The molecule has 28 heavy (non-hydrogen) atoms. The third kappa shape index (κ3) is 3.02. The van der Waals surface area contributed by atoms with Gasteiger partial charge in [0.2, 0.25) is 11.5 Å². The Hall–Kier alpha value is -3.57. The zero-order valence-corrected chi connectivity index (χ0v) is 15.7. The van der Waals surface area contributed by atoms with E-state index in [2.05, 4.69) is 31.6 Å². The summed E-state index contributed by atoms with van der Waals surface area (Å²) in [4.78, 5) is 8.94. The predicted molar refractivity (Wildman–Crippen MR) is 104 cm³/mol. The molecule has 140 valence electrons. The highest BCUT2D eigenvalue weighted by Crippen LogP contribution is 2.37. The molecule has 1 aliphatic heterocycles. The van der Waals surface area contributed by atoms with Crippen molar-refractivity contribution < 1.29 is 14.6 Å². The number of nitrogens with zero attached hydrogens (tertiary/aromatic N) is 5. The summed E-state index contributed by atoms with van der Waals surface area (Å²) >= 11 is 6.06. The molecule has 0 saturated carbocycles. The Morgan fingerprint density at radius 2 is 2.14 bits per heavy atom. The van der Waals surface area contributed by atoms with E-state index in [4.69, 9.17) is 21.1 Å². The molecule has 9 heteroatoms. The minimum atomic E-state index is -0.0159. The van der Waals surface area contributed by atoms with Gasteiger partial charge >= 0.3 is 0 Å². The van der Waals surface area contributed by atoms with Gasteiger partial charge in [0.25, 0.3) is 0 Å². The van der Waals surface area contributed by atoms with Gasteiger partial charge in [0, 0.05) is 6.07 Å². The normalized spacial score (nSPS) is 12.8. The van der Waals surface area contributed by atoms with E-state index >= 15 is 0 Å². The maximum absolute atomic E-state index is 10.6. The van der Waals surface area contributed by atoms with Crippen molar-refractivity contribution in [1.82, 2.24) is 19.7 Å². The van der Waals surface area contributed by atoms with Crippen LogP contribution in [0.25, 0.3) is 22.5 Å². The SMILES string of the molecule is CCOC1=NC(c2nc3nnc(Cl)cc3n2-c2c(O)cccc2OC)=C=C=C1. The number of methoxy groups -OCH3 is 1. The van der Waals surface area contributed by atoms with Gasteiger partial charge in [-0.3, -0.25) is 4.57 Å². The molecule has 0 saturated heterocycles. The number of aromatic hydroxyl groups is 1. The summed E-state index contributed by atoms with van der Waals surface area (Å²) in [5, 5.41) is 18.6. The van der Waals surface area contributed by atoms with Gasteiger partial charge in [-0.25, -0.2) is 9.98 Å². The number of aromatic nitrogens is 4. The molecule has 0 fully saturated rings. The van der Waals surface area contributed by atoms with Gasteiger partial charge in [-0.2, -0.15) is 0 Å². The van der Waals surface area contributed by atoms with Gasteiger partial charge in [-0.15, -0.1) is 10.2 Å². The van der Waals surface area contributed by atoms with Crippen LogP contribution in [0.1, 0.15) is 12.7 Å². The van der Waals surface area contributed by atoms with Gasteiger partial charge in [0.1, 0.15) is 17.2 Å². The zero-order valence-electron chi connectivity index (χ0n) is 15.0. The molecule has 8 nitrogen and oxygen atoms in total. The maximum Gasteiger partial charge on any atom is 0.223 e. The summed E-state index contributed by atoms with van der Waals surface area (Å²) in [5.41, 5.74) is 7.35. The van der Waals surface area contributed by atoms with E-state index in [0.717, 1.165) is 0 Å². The molecule has 4 rings (SSSR count). The number of ether oxygens (including phenoxy) is 2. The van der Waals surface area contributed by atoms with E-state index in [-0.39, 0.29) is 10.9 Å². The Balaban J connectivity index is 2.06. The van der Waals surface area contributed by atoms with Crippen LogP contribution in [0.4, 0.5) is 0 Å². The van der Waals surface area contributed by atoms with Crippen LogP contribution in [0.5, 0.6) is 11.5 Å². The van der Waals surface area contributed by atoms with Gasteiger partial charge in [-0.05, 0) is 24.8 Å². The van der Waals surface area contributed by atoms with Crippen molar-refractivity contribution in [1.29, 1.82) is 0 Å². The topological polar surface area (TPSA) is 94.7 Å². The van der Waals surface area contributed by atoms with Crippen molar-refractivity contribution in [3.8, 4) is 17.2 Å². The van der Waals surface area contributed by atoms with Crippen LogP contribution >= 0.6 is 11.6 Å². The standard InChI is InChI=1S/C19H14ClN5O3/c1-3-28-16-9-4-6-11(21-16)19-22-18-12(10-15(20)23-24-18)25(19)17-13(26)7-5-8-14(17)27-2/h5,7-10,26H,3H2,1-2H3. The van der Waals surface area contributed by atoms with Crippen molar-refractivity contribution in [2.75, 3.05) is 13.7 Å². The molecule has 0 bridgehead atoms. The Labute approximate surface area is 164 Å². The van der Waals surface area contributed by atoms with E-state index in [9.17, 15) is 5.11 Å². The van der Waals surface area contributed by atoms with Crippen molar-refractivity contribution in [3.63, 3.8) is 0 Å². The number of phenols is 1. The third-order valence-electron chi connectivity index (χ3n) is 3.92. The lowest BCUT2D eigenvalue weighted by Gasteiger charge is -2.14. The van der Waals surface area contributed by atoms with Gasteiger partial charge in [0.15, 0.2) is 16.7 Å².